The smallest absolute Gasteiger partial charge is 0.160 e. The second-order valence-electron chi connectivity index (χ2n) is 5.47. The summed E-state index contributed by atoms with van der Waals surface area (Å²) in [5, 5.41) is 0. The molecule has 0 spiro atoms. The van der Waals surface area contributed by atoms with Crippen molar-refractivity contribution in [2.75, 3.05) is 13.1 Å². The molecule has 0 amide bonds. The largest absolute Gasteiger partial charge is 0.466 e. The summed E-state index contributed by atoms with van der Waals surface area (Å²) in [6, 6.07) is 0.188. The van der Waals surface area contributed by atoms with Gasteiger partial charge < -0.3 is 9.47 Å². The Morgan fingerprint density at radius 2 is 2.20 bits per heavy atom. The maximum Gasteiger partial charge on any atom is 0.160 e. The Labute approximate surface area is 120 Å². The monoisotopic (exact) mass is 271 g/mol. The van der Waals surface area contributed by atoms with E-state index in [2.05, 4.69) is 36.1 Å². The molecular formula is C17H21NO2. The van der Waals surface area contributed by atoms with Gasteiger partial charge >= 0.3 is 0 Å². The zero-order valence-corrected chi connectivity index (χ0v) is 11.9. The normalized spacial score (nSPS) is 24.1. The quantitative estimate of drug-likeness (QED) is 0.731. The maximum absolute atomic E-state index is 5.71. The minimum Gasteiger partial charge on any atom is -0.466 e. The minimum absolute atomic E-state index is 0.188. The maximum atomic E-state index is 5.71. The van der Waals surface area contributed by atoms with Crippen LogP contribution < -0.4 is 0 Å². The Morgan fingerprint density at radius 1 is 1.25 bits per heavy atom. The highest BCUT2D eigenvalue weighted by Crippen LogP contribution is 2.29. The van der Waals surface area contributed by atoms with Crippen LogP contribution >= 0.6 is 0 Å². The van der Waals surface area contributed by atoms with Gasteiger partial charge in [-0.05, 0) is 31.8 Å². The van der Waals surface area contributed by atoms with Gasteiger partial charge in [0.2, 0.25) is 0 Å². The fourth-order valence-corrected chi connectivity index (χ4v) is 3.01. The van der Waals surface area contributed by atoms with Crippen molar-refractivity contribution in [3.05, 3.63) is 60.0 Å². The highest BCUT2D eigenvalue weighted by atomic mass is 16.5. The van der Waals surface area contributed by atoms with Crippen molar-refractivity contribution in [1.29, 1.82) is 0 Å². The lowest BCUT2D eigenvalue weighted by Gasteiger charge is -2.36. The van der Waals surface area contributed by atoms with Crippen LogP contribution in [0.5, 0.6) is 0 Å². The third kappa shape index (κ3) is 2.88. The van der Waals surface area contributed by atoms with Gasteiger partial charge in [-0.15, -0.1) is 0 Å². The molecule has 20 heavy (non-hydrogen) atoms. The van der Waals surface area contributed by atoms with Crippen LogP contribution in [0, 0.1) is 0 Å². The van der Waals surface area contributed by atoms with Crippen molar-refractivity contribution in [1.82, 2.24) is 4.90 Å². The predicted octanol–water partition coefficient (Wildman–Crippen LogP) is 3.64. The first-order valence-electron chi connectivity index (χ1n) is 7.27. The number of hydrogen-bond donors (Lipinski definition) is 0. The van der Waals surface area contributed by atoms with Crippen molar-refractivity contribution < 1.29 is 9.47 Å². The molecular weight excluding hydrogens is 250 g/mol. The van der Waals surface area contributed by atoms with E-state index in [0.717, 1.165) is 38.1 Å². The SMILES string of the molecule is CC1=CCCN(C(C2=CC=CCC2)C2=COC=CO2)C1. The topological polar surface area (TPSA) is 21.7 Å². The van der Waals surface area contributed by atoms with E-state index in [4.69, 9.17) is 9.47 Å². The lowest BCUT2D eigenvalue weighted by Crippen LogP contribution is -2.42. The van der Waals surface area contributed by atoms with Crippen molar-refractivity contribution >= 4 is 0 Å². The van der Waals surface area contributed by atoms with E-state index in [-0.39, 0.29) is 6.04 Å². The molecule has 2 aliphatic heterocycles. The van der Waals surface area contributed by atoms with Crippen LogP contribution in [0.3, 0.4) is 0 Å². The fourth-order valence-electron chi connectivity index (χ4n) is 3.01. The fraction of sp³-hybridized carbons (Fsp3) is 0.412. The van der Waals surface area contributed by atoms with Crippen LogP contribution in [-0.4, -0.2) is 24.0 Å². The number of hydrogen-bond acceptors (Lipinski definition) is 3. The standard InChI is InChI=1S/C17H21NO2/c1-14-6-5-9-18(12-14)17(15-7-3-2-4-8-15)16-13-19-10-11-20-16/h2-3,6-7,10-11,13,17H,4-5,8-9,12H2,1H3. The molecule has 0 bridgehead atoms. The summed E-state index contributed by atoms with van der Waals surface area (Å²) in [7, 11) is 0. The number of rotatable bonds is 3. The molecule has 0 N–H and O–H groups in total. The molecule has 1 atom stereocenters. The van der Waals surface area contributed by atoms with E-state index in [1.54, 1.807) is 18.8 Å². The van der Waals surface area contributed by atoms with Crippen LogP contribution in [-0.2, 0) is 9.47 Å². The molecule has 0 fully saturated rings. The summed E-state index contributed by atoms with van der Waals surface area (Å²) < 4.78 is 11.0. The first-order chi connectivity index (χ1) is 9.84. The molecule has 2 heterocycles. The molecule has 0 aromatic carbocycles. The summed E-state index contributed by atoms with van der Waals surface area (Å²) in [4.78, 5) is 2.48. The minimum atomic E-state index is 0.188. The van der Waals surface area contributed by atoms with Crippen molar-refractivity contribution in [3.63, 3.8) is 0 Å². The Bertz CT molecular complexity index is 511. The molecule has 0 aromatic rings. The Balaban J connectivity index is 1.86. The number of allylic oxidation sites excluding steroid dienone is 3. The zero-order chi connectivity index (χ0) is 13.8. The van der Waals surface area contributed by atoms with Gasteiger partial charge in [-0.1, -0.05) is 29.9 Å². The molecule has 1 unspecified atom stereocenters. The van der Waals surface area contributed by atoms with Crippen molar-refractivity contribution in [2.24, 2.45) is 0 Å². The van der Waals surface area contributed by atoms with Crippen molar-refractivity contribution in [3.8, 4) is 0 Å². The van der Waals surface area contributed by atoms with Crippen LogP contribution in [0.25, 0.3) is 0 Å². The first kappa shape index (κ1) is 13.3. The van der Waals surface area contributed by atoms with Gasteiger partial charge in [-0.25, -0.2) is 0 Å². The van der Waals surface area contributed by atoms with Crippen LogP contribution in [0.15, 0.2) is 60.0 Å². The average Bonchev–Trinajstić information content (AvgIpc) is 2.50. The molecule has 106 valence electrons. The average molecular weight is 271 g/mol. The lowest BCUT2D eigenvalue weighted by molar-refractivity contribution is 0.165. The van der Waals surface area contributed by atoms with E-state index in [9.17, 15) is 0 Å². The third-order valence-electron chi connectivity index (χ3n) is 3.92. The molecule has 3 heteroatoms. The second-order valence-corrected chi connectivity index (χ2v) is 5.47. The van der Waals surface area contributed by atoms with E-state index in [1.165, 1.54) is 11.1 Å². The summed E-state index contributed by atoms with van der Waals surface area (Å²) in [6.45, 7) is 4.26. The molecule has 3 aliphatic rings. The zero-order valence-electron chi connectivity index (χ0n) is 11.9. The molecule has 0 aromatic heterocycles. The van der Waals surface area contributed by atoms with Gasteiger partial charge in [0.25, 0.3) is 0 Å². The van der Waals surface area contributed by atoms with Crippen molar-refractivity contribution in [2.45, 2.75) is 32.2 Å². The summed E-state index contributed by atoms with van der Waals surface area (Å²) in [5.74, 6) is 0.892. The van der Waals surface area contributed by atoms with Gasteiger partial charge in [-0.3, -0.25) is 4.90 Å². The summed E-state index contributed by atoms with van der Waals surface area (Å²) in [5.41, 5.74) is 2.84. The molecule has 3 rings (SSSR count). The molecule has 0 saturated carbocycles. The molecule has 3 nitrogen and oxygen atoms in total. The highest BCUT2D eigenvalue weighted by Gasteiger charge is 2.29. The molecule has 0 saturated heterocycles. The van der Waals surface area contributed by atoms with Crippen LogP contribution in [0.1, 0.15) is 26.2 Å². The molecule has 0 radical (unpaired) electrons. The van der Waals surface area contributed by atoms with Gasteiger partial charge in [0, 0.05) is 13.1 Å². The van der Waals surface area contributed by atoms with Gasteiger partial charge in [0.05, 0.1) is 6.04 Å². The molecule has 1 aliphatic carbocycles. The Morgan fingerprint density at radius 3 is 2.90 bits per heavy atom. The first-order valence-corrected chi connectivity index (χ1v) is 7.27. The Kier molecular flexibility index (Phi) is 4.07. The number of nitrogens with zero attached hydrogens (tertiary/aromatic N) is 1. The van der Waals surface area contributed by atoms with E-state index < -0.39 is 0 Å². The van der Waals surface area contributed by atoms with E-state index >= 15 is 0 Å². The third-order valence-corrected chi connectivity index (χ3v) is 3.92. The summed E-state index contributed by atoms with van der Waals surface area (Å²) >= 11 is 0. The van der Waals surface area contributed by atoms with E-state index in [1.807, 2.05) is 0 Å². The summed E-state index contributed by atoms with van der Waals surface area (Å²) in [6.07, 6.45) is 17.1. The van der Waals surface area contributed by atoms with E-state index in [0.29, 0.717) is 0 Å². The predicted molar refractivity (Wildman–Crippen MR) is 79.6 cm³/mol. The van der Waals surface area contributed by atoms with Crippen LogP contribution in [0.4, 0.5) is 0 Å². The van der Waals surface area contributed by atoms with Crippen LogP contribution in [0.2, 0.25) is 0 Å². The highest BCUT2D eigenvalue weighted by molar-refractivity contribution is 5.30. The van der Waals surface area contributed by atoms with Gasteiger partial charge in [-0.2, -0.15) is 0 Å². The number of ether oxygens (including phenoxy) is 2. The Hall–Kier alpha value is -1.74. The second kappa shape index (κ2) is 6.14. The van der Waals surface area contributed by atoms with Gasteiger partial charge in [0.15, 0.2) is 5.76 Å². The van der Waals surface area contributed by atoms with Gasteiger partial charge in [0.1, 0.15) is 18.8 Å². The lowest BCUT2D eigenvalue weighted by atomic mass is 9.94.